The van der Waals surface area contributed by atoms with Crippen molar-refractivity contribution in [2.75, 3.05) is 49.6 Å². The number of hydrogen-bond donors (Lipinski definition) is 2. The van der Waals surface area contributed by atoms with E-state index in [1.165, 1.54) is 10.4 Å². The van der Waals surface area contributed by atoms with Gasteiger partial charge in [-0.1, -0.05) is 18.2 Å². The van der Waals surface area contributed by atoms with Crippen LogP contribution in [-0.4, -0.2) is 63.9 Å². The maximum Gasteiger partial charge on any atom is 0.255 e. The molecule has 2 fully saturated rings. The lowest BCUT2D eigenvalue weighted by Crippen LogP contribution is -2.42. The normalized spacial score (nSPS) is 18.0. The number of nitrogens with zero attached hydrogens (tertiary/aromatic N) is 2. The van der Waals surface area contributed by atoms with Crippen LogP contribution in [0.2, 0.25) is 0 Å². The van der Waals surface area contributed by atoms with Crippen LogP contribution < -0.4 is 16.0 Å². The third-order valence-corrected chi connectivity index (χ3v) is 8.36. The molecule has 182 valence electrons. The minimum absolute atomic E-state index is 0.134. The second-order valence-electron chi connectivity index (χ2n) is 8.63. The van der Waals surface area contributed by atoms with E-state index in [-0.39, 0.29) is 35.7 Å². The van der Waals surface area contributed by atoms with Crippen molar-refractivity contribution in [1.82, 2.24) is 4.31 Å². The Hall–Kier alpha value is -2.95. The number of ether oxygens (including phenoxy) is 1. The van der Waals surface area contributed by atoms with E-state index in [4.69, 9.17) is 10.5 Å². The molecular weight excluding hydrogens is 456 g/mol. The summed E-state index contributed by atoms with van der Waals surface area (Å²) in [6.07, 6.45) is 1.14. The van der Waals surface area contributed by atoms with E-state index in [0.717, 1.165) is 5.56 Å². The predicted molar refractivity (Wildman–Crippen MR) is 129 cm³/mol. The summed E-state index contributed by atoms with van der Waals surface area (Å²) < 4.78 is 34.0. The van der Waals surface area contributed by atoms with Gasteiger partial charge in [0, 0.05) is 43.3 Å². The van der Waals surface area contributed by atoms with Crippen molar-refractivity contribution in [3.05, 3.63) is 53.6 Å². The Balaban J connectivity index is 1.67. The summed E-state index contributed by atoms with van der Waals surface area (Å²) in [5.74, 6) is -0.832. The Bertz CT molecular complexity index is 1170. The average molecular weight is 487 g/mol. The van der Waals surface area contributed by atoms with E-state index in [0.29, 0.717) is 56.1 Å². The molecule has 34 heavy (non-hydrogen) atoms. The number of aryl methyl sites for hydroxylation is 1. The van der Waals surface area contributed by atoms with Gasteiger partial charge in [-0.15, -0.1) is 0 Å². The van der Waals surface area contributed by atoms with Crippen LogP contribution in [0.15, 0.2) is 47.4 Å². The molecule has 2 aromatic carbocycles. The predicted octanol–water partition coefficient (Wildman–Crippen LogP) is 1.97. The van der Waals surface area contributed by atoms with Crippen molar-refractivity contribution < 1.29 is 22.7 Å². The first-order valence-corrected chi connectivity index (χ1v) is 12.8. The highest BCUT2D eigenvalue weighted by molar-refractivity contribution is 7.89. The number of primary amides is 1. The molecule has 4 rings (SSSR count). The van der Waals surface area contributed by atoms with Gasteiger partial charge in [-0.3, -0.25) is 9.59 Å². The van der Waals surface area contributed by atoms with Gasteiger partial charge in [0.25, 0.3) is 5.91 Å². The number of sulfonamides is 1. The first-order valence-electron chi connectivity index (χ1n) is 11.4. The molecule has 0 bridgehead atoms. The van der Waals surface area contributed by atoms with Crippen LogP contribution in [0.5, 0.6) is 0 Å². The maximum atomic E-state index is 13.6. The van der Waals surface area contributed by atoms with Crippen LogP contribution in [0.3, 0.4) is 0 Å². The fraction of sp³-hybridized carbons (Fsp3) is 0.417. The SMILES string of the molecule is Cc1ccccc1C(=O)Nc1ccc(N2CCC(C(N)=O)CC2)c(S(=O)(=O)N2CCOCC2)c1. The lowest BCUT2D eigenvalue weighted by Gasteiger charge is -2.35. The number of rotatable bonds is 6. The van der Waals surface area contributed by atoms with Crippen LogP contribution in [-0.2, 0) is 19.6 Å². The monoisotopic (exact) mass is 486 g/mol. The topological polar surface area (TPSA) is 122 Å². The van der Waals surface area contributed by atoms with Gasteiger partial charge in [-0.25, -0.2) is 8.42 Å². The molecular formula is C24H30N4O5S. The smallest absolute Gasteiger partial charge is 0.255 e. The van der Waals surface area contributed by atoms with E-state index in [2.05, 4.69) is 5.32 Å². The maximum absolute atomic E-state index is 13.6. The fourth-order valence-corrected chi connectivity index (χ4v) is 6.06. The van der Waals surface area contributed by atoms with Crippen molar-refractivity contribution >= 4 is 33.2 Å². The summed E-state index contributed by atoms with van der Waals surface area (Å²) >= 11 is 0. The Morgan fingerprint density at radius 1 is 1.03 bits per heavy atom. The number of nitrogens with one attached hydrogen (secondary N) is 1. The van der Waals surface area contributed by atoms with Crippen molar-refractivity contribution in [2.45, 2.75) is 24.7 Å². The number of amides is 2. The van der Waals surface area contributed by atoms with Gasteiger partial charge in [0.15, 0.2) is 0 Å². The zero-order valence-electron chi connectivity index (χ0n) is 19.2. The van der Waals surface area contributed by atoms with Gasteiger partial charge in [0.1, 0.15) is 4.90 Å². The molecule has 2 saturated heterocycles. The van der Waals surface area contributed by atoms with Crippen LogP contribution >= 0.6 is 0 Å². The molecule has 0 spiro atoms. The Morgan fingerprint density at radius 3 is 2.35 bits per heavy atom. The third kappa shape index (κ3) is 5.08. The first kappa shape index (κ1) is 24.2. The van der Waals surface area contributed by atoms with Crippen molar-refractivity contribution in [1.29, 1.82) is 0 Å². The second-order valence-corrected chi connectivity index (χ2v) is 10.5. The van der Waals surface area contributed by atoms with E-state index in [1.807, 2.05) is 24.0 Å². The number of hydrogen-bond acceptors (Lipinski definition) is 6. The lowest BCUT2D eigenvalue weighted by atomic mass is 9.96. The van der Waals surface area contributed by atoms with Gasteiger partial charge < -0.3 is 20.7 Å². The van der Waals surface area contributed by atoms with Crippen LogP contribution in [0.25, 0.3) is 0 Å². The fourth-order valence-electron chi connectivity index (χ4n) is 4.42. The highest BCUT2D eigenvalue weighted by Crippen LogP contribution is 2.34. The minimum atomic E-state index is -3.83. The summed E-state index contributed by atoms with van der Waals surface area (Å²) in [4.78, 5) is 26.5. The largest absolute Gasteiger partial charge is 0.379 e. The minimum Gasteiger partial charge on any atom is -0.379 e. The molecule has 0 aliphatic carbocycles. The van der Waals surface area contributed by atoms with Gasteiger partial charge >= 0.3 is 0 Å². The van der Waals surface area contributed by atoms with Crippen molar-refractivity contribution in [3.8, 4) is 0 Å². The molecule has 2 amide bonds. The molecule has 10 heteroatoms. The molecule has 9 nitrogen and oxygen atoms in total. The number of anilines is 2. The number of benzene rings is 2. The molecule has 3 N–H and O–H groups in total. The molecule has 0 saturated carbocycles. The van der Waals surface area contributed by atoms with E-state index in [1.54, 1.807) is 24.3 Å². The highest BCUT2D eigenvalue weighted by atomic mass is 32.2. The number of morpholine rings is 1. The molecule has 2 aliphatic rings. The number of carbonyl (C=O) groups is 2. The van der Waals surface area contributed by atoms with Crippen molar-refractivity contribution in [3.63, 3.8) is 0 Å². The molecule has 0 unspecified atom stereocenters. The van der Waals surface area contributed by atoms with Crippen molar-refractivity contribution in [2.24, 2.45) is 11.7 Å². The highest BCUT2D eigenvalue weighted by Gasteiger charge is 2.32. The Morgan fingerprint density at radius 2 is 1.71 bits per heavy atom. The molecule has 0 atom stereocenters. The number of carbonyl (C=O) groups excluding carboxylic acids is 2. The number of nitrogens with two attached hydrogens (primary N) is 1. The van der Waals surface area contributed by atoms with Crippen LogP contribution in [0.1, 0.15) is 28.8 Å². The first-order chi connectivity index (χ1) is 16.3. The van der Waals surface area contributed by atoms with E-state index < -0.39 is 10.0 Å². The molecule has 0 aromatic heterocycles. The molecule has 2 aliphatic heterocycles. The van der Waals surface area contributed by atoms with E-state index >= 15 is 0 Å². The molecule has 0 radical (unpaired) electrons. The second kappa shape index (κ2) is 10.1. The van der Waals surface area contributed by atoms with Gasteiger partial charge in [0.2, 0.25) is 15.9 Å². The average Bonchev–Trinajstić information content (AvgIpc) is 2.85. The summed E-state index contributed by atoms with van der Waals surface area (Å²) in [5.41, 5.74) is 7.77. The zero-order valence-corrected chi connectivity index (χ0v) is 20.0. The van der Waals surface area contributed by atoms with Gasteiger partial charge in [0.05, 0.1) is 18.9 Å². The lowest BCUT2D eigenvalue weighted by molar-refractivity contribution is -0.122. The Kier molecular flexibility index (Phi) is 7.20. The summed E-state index contributed by atoms with van der Waals surface area (Å²) in [7, 11) is -3.83. The quantitative estimate of drug-likeness (QED) is 0.644. The van der Waals surface area contributed by atoms with Gasteiger partial charge in [-0.2, -0.15) is 4.31 Å². The van der Waals surface area contributed by atoms with E-state index in [9.17, 15) is 18.0 Å². The van der Waals surface area contributed by atoms with Crippen LogP contribution in [0.4, 0.5) is 11.4 Å². The summed E-state index contributed by atoms with van der Waals surface area (Å²) in [5, 5.41) is 2.84. The summed E-state index contributed by atoms with van der Waals surface area (Å²) in [6.45, 7) is 4.10. The Labute approximate surface area is 199 Å². The molecule has 2 heterocycles. The van der Waals surface area contributed by atoms with Crippen LogP contribution in [0, 0.1) is 12.8 Å². The standard InChI is InChI=1S/C24H30N4O5S/c1-17-4-2-3-5-20(17)24(30)26-19-6-7-21(27-10-8-18(9-11-27)23(25)29)22(16-19)34(31,32)28-12-14-33-15-13-28/h2-7,16,18H,8-15H2,1H3,(H2,25,29)(H,26,30). The summed E-state index contributed by atoms with van der Waals surface area (Å²) in [6, 6.07) is 12.2. The number of piperidine rings is 1. The van der Waals surface area contributed by atoms with Gasteiger partial charge in [-0.05, 0) is 49.6 Å². The zero-order chi connectivity index (χ0) is 24.3. The molecule has 2 aromatic rings. The third-order valence-electron chi connectivity index (χ3n) is 6.43.